The average molecular weight is 497 g/mol. The summed E-state index contributed by atoms with van der Waals surface area (Å²) >= 11 is 0. The number of fused-ring (bicyclic) bond motifs is 3. The lowest BCUT2D eigenvalue weighted by Gasteiger charge is -2.34. The normalized spacial score (nSPS) is 18.1. The Balaban J connectivity index is 1.67. The van der Waals surface area contributed by atoms with Crippen molar-refractivity contribution in [1.29, 1.82) is 0 Å². The van der Waals surface area contributed by atoms with E-state index in [1.807, 2.05) is 0 Å². The van der Waals surface area contributed by atoms with Gasteiger partial charge in [-0.3, -0.25) is 24.0 Å². The van der Waals surface area contributed by atoms with E-state index in [2.05, 4.69) is 0 Å². The monoisotopic (exact) mass is 497 g/mol. The van der Waals surface area contributed by atoms with E-state index in [9.17, 15) is 39.3 Å². The van der Waals surface area contributed by atoms with Gasteiger partial charge in [-0.25, -0.2) is 0 Å². The molecular formula is C25H23NO10. The summed E-state index contributed by atoms with van der Waals surface area (Å²) in [4.78, 5) is 61.7. The number of phenolic OH excluding ortho intramolecular Hbond substituents is 2. The van der Waals surface area contributed by atoms with Crippen molar-refractivity contribution in [2.24, 2.45) is 5.73 Å². The first kappa shape index (κ1) is 24.9. The fourth-order valence-corrected chi connectivity index (χ4v) is 4.64. The van der Waals surface area contributed by atoms with Crippen LogP contribution in [0.4, 0.5) is 0 Å². The van der Waals surface area contributed by atoms with Crippen molar-refractivity contribution in [3.05, 3.63) is 51.6 Å². The molecule has 4 rings (SSSR count). The fourth-order valence-electron chi connectivity index (χ4n) is 4.64. The van der Waals surface area contributed by atoms with Crippen molar-refractivity contribution >= 4 is 29.2 Å². The van der Waals surface area contributed by atoms with Gasteiger partial charge >= 0.3 is 5.97 Å². The van der Waals surface area contributed by atoms with Crippen molar-refractivity contribution in [3.8, 4) is 17.2 Å². The van der Waals surface area contributed by atoms with Gasteiger partial charge in [-0.15, -0.1) is 0 Å². The number of Topliss-reactive ketones (excluding diaryl/α,β-unsaturated/α-hetero) is 1. The van der Waals surface area contributed by atoms with Crippen molar-refractivity contribution < 1.29 is 48.8 Å². The van der Waals surface area contributed by atoms with Crippen LogP contribution >= 0.6 is 0 Å². The van der Waals surface area contributed by atoms with Gasteiger partial charge in [0.25, 0.3) is 0 Å². The van der Waals surface area contributed by atoms with Gasteiger partial charge in [0.1, 0.15) is 22.8 Å². The number of phenols is 2. The predicted octanol–water partition coefficient (Wildman–Crippen LogP) is 0.479. The molecule has 1 atom stereocenters. The maximum absolute atomic E-state index is 13.3. The quantitative estimate of drug-likeness (QED) is 0.264. The lowest BCUT2D eigenvalue weighted by Crippen LogP contribution is -2.46. The summed E-state index contributed by atoms with van der Waals surface area (Å²) < 4.78 is 10.0. The van der Waals surface area contributed by atoms with E-state index in [4.69, 9.17) is 15.2 Å². The highest BCUT2D eigenvalue weighted by Gasteiger charge is 2.45. The molecule has 5 N–H and O–H groups in total. The Morgan fingerprint density at radius 2 is 1.67 bits per heavy atom. The van der Waals surface area contributed by atoms with Crippen LogP contribution in [0.1, 0.15) is 62.2 Å². The third kappa shape index (κ3) is 3.97. The number of aromatic hydroxyl groups is 2. The average Bonchev–Trinajstić information content (AvgIpc) is 2.85. The molecule has 2 aromatic rings. The van der Waals surface area contributed by atoms with Crippen molar-refractivity contribution in [1.82, 2.24) is 0 Å². The second-order valence-electron chi connectivity index (χ2n) is 8.70. The Morgan fingerprint density at radius 3 is 2.33 bits per heavy atom. The highest BCUT2D eigenvalue weighted by atomic mass is 16.5. The minimum Gasteiger partial charge on any atom is -0.507 e. The van der Waals surface area contributed by atoms with Crippen molar-refractivity contribution in [2.75, 3.05) is 13.7 Å². The largest absolute Gasteiger partial charge is 0.507 e. The van der Waals surface area contributed by atoms with E-state index in [1.165, 1.54) is 25.3 Å². The van der Waals surface area contributed by atoms with Gasteiger partial charge in [0.15, 0.2) is 12.4 Å². The van der Waals surface area contributed by atoms with Crippen LogP contribution in [0.3, 0.4) is 0 Å². The summed E-state index contributed by atoms with van der Waals surface area (Å²) in [7, 11) is 1.33. The number of rotatable bonds is 7. The van der Waals surface area contributed by atoms with Gasteiger partial charge < -0.3 is 30.5 Å². The van der Waals surface area contributed by atoms with Crippen LogP contribution in [0.15, 0.2) is 18.2 Å². The van der Waals surface area contributed by atoms with Gasteiger partial charge in [-0.1, -0.05) is 12.1 Å². The van der Waals surface area contributed by atoms with Gasteiger partial charge in [0.2, 0.25) is 17.5 Å². The first-order valence-corrected chi connectivity index (χ1v) is 11.1. The van der Waals surface area contributed by atoms with E-state index in [0.29, 0.717) is 0 Å². The predicted molar refractivity (Wildman–Crippen MR) is 121 cm³/mol. The summed E-state index contributed by atoms with van der Waals surface area (Å²) in [6.45, 7) is -0.786. The Hall–Kier alpha value is -4.25. The molecule has 0 spiro atoms. The SMILES string of the molecule is COc1cccc2c1C(=O)c1c(O)c3c(c(O)c1C2=O)C[C@@](O)(C(=O)COC(=O)CCC(N)=O)CC3. The van der Waals surface area contributed by atoms with Crippen LogP contribution in [-0.2, 0) is 32.0 Å². The molecule has 0 radical (unpaired) electrons. The molecule has 2 aliphatic rings. The van der Waals surface area contributed by atoms with Crippen LogP contribution in [0.25, 0.3) is 0 Å². The van der Waals surface area contributed by atoms with Crippen molar-refractivity contribution in [2.45, 2.75) is 37.7 Å². The molecular weight excluding hydrogens is 474 g/mol. The fraction of sp³-hybridized carbons (Fsp3) is 0.320. The number of hydrogen-bond donors (Lipinski definition) is 4. The molecule has 188 valence electrons. The zero-order valence-electron chi connectivity index (χ0n) is 19.3. The number of ether oxygens (including phenoxy) is 2. The lowest BCUT2D eigenvalue weighted by atomic mass is 9.73. The molecule has 36 heavy (non-hydrogen) atoms. The number of benzene rings is 2. The summed E-state index contributed by atoms with van der Waals surface area (Å²) in [5, 5.41) is 33.0. The minimum absolute atomic E-state index is 0.0217. The molecule has 0 aliphatic heterocycles. The second kappa shape index (κ2) is 9.08. The van der Waals surface area contributed by atoms with Crippen LogP contribution in [0, 0.1) is 0 Å². The van der Waals surface area contributed by atoms with E-state index in [0.717, 1.165) is 0 Å². The number of carbonyl (C=O) groups is 5. The second-order valence-corrected chi connectivity index (χ2v) is 8.70. The summed E-state index contributed by atoms with van der Waals surface area (Å²) in [5.41, 5.74) is 2.12. The first-order valence-electron chi connectivity index (χ1n) is 11.1. The number of esters is 1. The number of amides is 1. The number of hydrogen-bond acceptors (Lipinski definition) is 10. The molecule has 0 bridgehead atoms. The molecule has 0 aromatic heterocycles. The van der Waals surface area contributed by atoms with Gasteiger partial charge in [0, 0.05) is 29.5 Å². The smallest absolute Gasteiger partial charge is 0.306 e. The highest BCUT2D eigenvalue weighted by molar-refractivity contribution is 6.31. The number of nitrogens with two attached hydrogens (primary N) is 1. The van der Waals surface area contributed by atoms with E-state index in [-0.39, 0.29) is 59.3 Å². The van der Waals surface area contributed by atoms with E-state index >= 15 is 0 Å². The van der Waals surface area contributed by atoms with E-state index < -0.39 is 64.9 Å². The Kier molecular flexibility index (Phi) is 6.27. The minimum atomic E-state index is -2.07. The van der Waals surface area contributed by atoms with Crippen LogP contribution < -0.4 is 10.5 Å². The summed E-state index contributed by atoms with van der Waals surface area (Å²) in [5.74, 6) is -4.85. The first-order chi connectivity index (χ1) is 17.0. The molecule has 1 amide bonds. The van der Waals surface area contributed by atoms with E-state index in [1.54, 1.807) is 0 Å². The number of carbonyl (C=O) groups excluding carboxylic acids is 5. The Labute approximate surface area is 204 Å². The third-order valence-corrected chi connectivity index (χ3v) is 6.55. The zero-order chi connectivity index (χ0) is 26.4. The van der Waals surface area contributed by atoms with Crippen LogP contribution in [0.5, 0.6) is 17.2 Å². The lowest BCUT2D eigenvalue weighted by molar-refractivity contribution is -0.155. The summed E-state index contributed by atoms with van der Waals surface area (Å²) in [6, 6.07) is 4.39. The third-order valence-electron chi connectivity index (χ3n) is 6.55. The van der Waals surface area contributed by atoms with Crippen LogP contribution in [0.2, 0.25) is 0 Å². The number of methoxy groups -OCH3 is 1. The molecule has 0 fully saturated rings. The molecule has 0 saturated heterocycles. The summed E-state index contributed by atoms with van der Waals surface area (Å²) in [6.07, 6.45) is -1.39. The molecule has 2 aromatic carbocycles. The standard InChI is InChI=1S/C25H23NO10/c1-35-14-4-2-3-12-18(14)24(33)20-19(22(12)31)23(32)13-9-25(34,8-7-11(13)21(20)30)15(27)10-36-17(29)6-5-16(26)28/h2-4,30,32,34H,5-10H2,1H3,(H2,26,28)/t25-/m1/s1. The number of primary amides is 1. The maximum Gasteiger partial charge on any atom is 0.306 e. The van der Waals surface area contributed by atoms with Gasteiger partial charge in [-0.2, -0.15) is 0 Å². The van der Waals surface area contributed by atoms with Crippen molar-refractivity contribution in [3.63, 3.8) is 0 Å². The molecule has 11 nitrogen and oxygen atoms in total. The topological polar surface area (TPSA) is 191 Å². The maximum atomic E-state index is 13.3. The van der Waals surface area contributed by atoms with Gasteiger partial charge in [-0.05, 0) is 18.9 Å². The van der Waals surface area contributed by atoms with Crippen LogP contribution in [-0.4, -0.2) is 63.9 Å². The molecule has 0 unspecified atom stereocenters. The Morgan fingerprint density at radius 1 is 1.00 bits per heavy atom. The zero-order valence-corrected chi connectivity index (χ0v) is 19.3. The van der Waals surface area contributed by atoms with Gasteiger partial charge in [0.05, 0.1) is 30.2 Å². The Bertz CT molecular complexity index is 1350. The number of aliphatic hydroxyl groups is 1. The molecule has 2 aliphatic carbocycles. The molecule has 0 saturated carbocycles. The number of ketones is 3. The molecule has 11 heteroatoms. The molecule has 0 heterocycles. The highest BCUT2D eigenvalue weighted by Crippen LogP contribution is 2.48.